The number of nitrogens with zero attached hydrogens (tertiary/aromatic N) is 2. The molecule has 0 unspecified atom stereocenters. The van der Waals surface area contributed by atoms with E-state index >= 15 is 0 Å². The highest BCUT2D eigenvalue weighted by molar-refractivity contribution is 7.99. The Hall–Kier alpha value is -0.290. The van der Waals surface area contributed by atoms with E-state index in [9.17, 15) is 0 Å². The van der Waals surface area contributed by atoms with E-state index in [-0.39, 0.29) is 4.75 Å². The fourth-order valence-electron chi connectivity index (χ4n) is 0.778. The zero-order chi connectivity index (χ0) is 9.90. The van der Waals surface area contributed by atoms with Crippen molar-refractivity contribution in [2.75, 3.05) is 12.4 Å². The molecule has 3 nitrogen and oxygen atoms in total. The lowest BCUT2D eigenvalue weighted by molar-refractivity contribution is 0.801. The molecular formula is C8H15N3S2. The third-order valence-corrected chi connectivity index (χ3v) is 3.49. The van der Waals surface area contributed by atoms with Gasteiger partial charge in [-0.15, -0.1) is 16.9 Å². The van der Waals surface area contributed by atoms with Crippen LogP contribution in [0.2, 0.25) is 0 Å². The Morgan fingerprint density at radius 2 is 2.15 bits per heavy atom. The molecule has 0 aliphatic rings. The van der Waals surface area contributed by atoms with E-state index in [1.54, 1.807) is 0 Å². The summed E-state index contributed by atoms with van der Waals surface area (Å²) in [4.78, 5) is 0. The van der Waals surface area contributed by atoms with Crippen molar-refractivity contribution in [3.05, 3.63) is 5.69 Å². The zero-order valence-electron chi connectivity index (χ0n) is 8.42. The van der Waals surface area contributed by atoms with Crippen LogP contribution in [0, 0.1) is 0 Å². The van der Waals surface area contributed by atoms with Crippen molar-refractivity contribution in [2.45, 2.75) is 31.3 Å². The van der Waals surface area contributed by atoms with E-state index in [4.69, 9.17) is 0 Å². The average molecular weight is 217 g/mol. The van der Waals surface area contributed by atoms with Gasteiger partial charge in [0.1, 0.15) is 10.7 Å². The molecule has 0 spiro atoms. The van der Waals surface area contributed by atoms with Crippen LogP contribution in [0.25, 0.3) is 0 Å². The predicted molar refractivity (Wildman–Crippen MR) is 60.5 cm³/mol. The lowest BCUT2D eigenvalue weighted by atomic mass is 10.3. The molecule has 0 saturated carbocycles. The van der Waals surface area contributed by atoms with Crippen LogP contribution in [-0.2, 0) is 5.75 Å². The summed E-state index contributed by atoms with van der Waals surface area (Å²) in [5.74, 6) is 0.927. The van der Waals surface area contributed by atoms with Gasteiger partial charge in [0.15, 0.2) is 0 Å². The highest BCUT2D eigenvalue weighted by atomic mass is 32.2. The smallest absolute Gasteiger partial charge is 0.133 e. The molecule has 5 heteroatoms. The molecule has 1 N–H and O–H groups in total. The second-order valence-corrected chi connectivity index (χ2v) is 6.26. The Labute approximate surface area is 87.5 Å². The normalized spacial score (nSPS) is 11.7. The molecule has 0 aliphatic carbocycles. The number of rotatable bonds is 3. The molecule has 74 valence electrons. The van der Waals surface area contributed by atoms with Gasteiger partial charge in [-0.3, -0.25) is 0 Å². The molecule has 1 heterocycles. The molecule has 1 rings (SSSR count). The molecule has 0 fully saturated rings. The second-order valence-electron chi connectivity index (χ2n) is 3.70. The van der Waals surface area contributed by atoms with Gasteiger partial charge in [-0.05, 0) is 0 Å². The number of thioether (sulfide) groups is 1. The van der Waals surface area contributed by atoms with E-state index in [1.807, 2.05) is 18.8 Å². The summed E-state index contributed by atoms with van der Waals surface area (Å²) < 4.78 is 4.20. The number of hydrogen-bond donors (Lipinski definition) is 1. The number of aromatic nitrogens is 2. The largest absolute Gasteiger partial charge is 0.377 e. The second kappa shape index (κ2) is 4.28. The standard InChI is InChI=1S/C8H15N3S2/c1-8(2,3)12-5-6-7(9-4)13-11-10-6/h9H,5H2,1-4H3. The van der Waals surface area contributed by atoms with Gasteiger partial charge in [-0.25, -0.2) is 0 Å². The minimum absolute atomic E-state index is 0.286. The molecule has 0 aromatic carbocycles. The van der Waals surface area contributed by atoms with Crippen molar-refractivity contribution in [3.8, 4) is 0 Å². The summed E-state index contributed by atoms with van der Waals surface area (Å²) in [5, 5.41) is 8.25. The zero-order valence-corrected chi connectivity index (χ0v) is 10.1. The quantitative estimate of drug-likeness (QED) is 0.844. The molecule has 1 aromatic heterocycles. The number of anilines is 1. The molecule has 0 aliphatic heterocycles. The SMILES string of the molecule is CNc1snnc1CSC(C)(C)C. The highest BCUT2D eigenvalue weighted by Crippen LogP contribution is 2.29. The van der Waals surface area contributed by atoms with Crippen LogP contribution < -0.4 is 5.32 Å². The van der Waals surface area contributed by atoms with Crippen LogP contribution in [0.15, 0.2) is 0 Å². The topological polar surface area (TPSA) is 37.8 Å². The molecule has 0 atom stereocenters. The van der Waals surface area contributed by atoms with Crippen molar-refractivity contribution < 1.29 is 0 Å². The molecule has 0 bridgehead atoms. The van der Waals surface area contributed by atoms with Gasteiger partial charge in [0.25, 0.3) is 0 Å². The van der Waals surface area contributed by atoms with Crippen LogP contribution in [0.1, 0.15) is 26.5 Å². The fourth-order valence-corrected chi connectivity index (χ4v) is 2.17. The molecule has 0 amide bonds. The first kappa shape index (κ1) is 10.8. The third kappa shape index (κ3) is 3.52. The van der Waals surface area contributed by atoms with Gasteiger partial charge >= 0.3 is 0 Å². The monoisotopic (exact) mass is 217 g/mol. The molecule has 13 heavy (non-hydrogen) atoms. The molecule has 0 radical (unpaired) electrons. The first-order valence-corrected chi connectivity index (χ1v) is 5.92. The first-order valence-electron chi connectivity index (χ1n) is 4.16. The summed E-state index contributed by atoms with van der Waals surface area (Å²) in [6.07, 6.45) is 0. The summed E-state index contributed by atoms with van der Waals surface area (Å²) in [5.41, 5.74) is 1.06. The molecular weight excluding hydrogens is 202 g/mol. The Balaban J connectivity index is 2.54. The average Bonchev–Trinajstić information content (AvgIpc) is 2.46. The fraction of sp³-hybridized carbons (Fsp3) is 0.750. The van der Waals surface area contributed by atoms with Crippen LogP contribution in [0.3, 0.4) is 0 Å². The van der Waals surface area contributed by atoms with E-state index in [1.165, 1.54) is 11.5 Å². The predicted octanol–water partition coefficient (Wildman–Crippen LogP) is 2.61. The summed E-state index contributed by atoms with van der Waals surface area (Å²) in [6, 6.07) is 0. The lowest BCUT2D eigenvalue weighted by Crippen LogP contribution is -2.08. The van der Waals surface area contributed by atoms with Crippen molar-refractivity contribution in [1.82, 2.24) is 9.59 Å². The number of hydrogen-bond acceptors (Lipinski definition) is 5. The van der Waals surface area contributed by atoms with Gasteiger partial charge < -0.3 is 5.32 Å². The van der Waals surface area contributed by atoms with Crippen LogP contribution in [0.5, 0.6) is 0 Å². The van der Waals surface area contributed by atoms with Crippen LogP contribution in [-0.4, -0.2) is 21.4 Å². The van der Waals surface area contributed by atoms with Gasteiger partial charge in [0.05, 0.1) is 0 Å². The minimum Gasteiger partial charge on any atom is -0.377 e. The van der Waals surface area contributed by atoms with E-state index < -0.39 is 0 Å². The maximum Gasteiger partial charge on any atom is 0.133 e. The van der Waals surface area contributed by atoms with Gasteiger partial charge in [-0.1, -0.05) is 25.3 Å². The van der Waals surface area contributed by atoms with Gasteiger partial charge in [-0.2, -0.15) is 0 Å². The Morgan fingerprint density at radius 1 is 1.46 bits per heavy atom. The summed E-state index contributed by atoms with van der Waals surface area (Å²) >= 11 is 3.30. The van der Waals surface area contributed by atoms with E-state index in [2.05, 4.69) is 35.7 Å². The summed E-state index contributed by atoms with van der Waals surface area (Å²) in [7, 11) is 1.90. The van der Waals surface area contributed by atoms with Gasteiger partial charge in [0.2, 0.25) is 0 Å². The van der Waals surface area contributed by atoms with E-state index in [0.29, 0.717) is 0 Å². The lowest BCUT2D eigenvalue weighted by Gasteiger charge is -2.16. The van der Waals surface area contributed by atoms with Gasteiger partial charge in [0, 0.05) is 29.1 Å². The molecule has 0 saturated heterocycles. The Kier molecular flexibility index (Phi) is 3.55. The Morgan fingerprint density at radius 3 is 2.69 bits per heavy atom. The third-order valence-electron chi connectivity index (χ3n) is 1.42. The maximum absolute atomic E-state index is 4.08. The van der Waals surface area contributed by atoms with Crippen molar-refractivity contribution in [2.24, 2.45) is 0 Å². The van der Waals surface area contributed by atoms with Crippen molar-refractivity contribution >= 4 is 28.3 Å². The van der Waals surface area contributed by atoms with Crippen LogP contribution in [0.4, 0.5) is 5.00 Å². The van der Waals surface area contributed by atoms with E-state index in [0.717, 1.165) is 16.4 Å². The maximum atomic E-state index is 4.08. The van der Waals surface area contributed by atoms with Crippen LogP contribution >= 0.6 is 23.3 Å². The molecule has 1 aromatic rings. The number of nitrogens with one attached hydrogen (secondary N) is 1. The summed E-state index contributed by atoms with van der Waals surface area (Å²) in [6.45, 7) is 6.61. The Bertz CT molecular complexity index is 265. The minimum atomic E-state index is 0.286. The van der Waals surface area contributed by atoms with Crippen molar-refractivity contribution in [3.63, 3.8) is 0 Å². The first-order chi connectivity index (χ1) is 6.03. The highest BCUT2D eigenvalue weighted by Gasteiger charge is 2.13. The van der Waals surface area contributed by atoms with Crippen molar-refractivity contribution in [1.29, 1.82) is 0 Å².